The van der Waals surface area contributed by atoms with Gasteiger partial charge in [-0.1, -0.05) is 78.3 Å². The van der Waals surface area contributed by atoms with E-state index in [0.29, 0.717) is 34.2 Å². The summed E-state index contributed by atoms with van der Waals surface area (Å²) in [5.41, 5.74) is 7.12. The number of benzene rings is 5. The molecule has 1 aromatic heterocycles. The first-order valence-corrected chi connectivity index (χ1v) is 13.5. The summed E-state index contributed by atoms with van der Waals surface area (Å²) >= 11 is 6.46. The molecule has 41 heavy (non-hydrogen) atoms. The van der Waals surface area contributed by atoms with Gasteiger partial charge in [0.2, 0.25) is 5.62 Å². The molecule has 0 radical (unpaired) electrons. The summed E-state index contributed by atoms with van der Waals surface area (Å²) < 4.78 is 9.17. The van der Waals surface area contributed by atoms with Crippen molar-refractivity contribution in [1.82, 2.24) is 9.13 Å². The van der Waals surface area contributed by atoms with E-state index in [-0.39, 0.29) is 5.91 Å². The zero-order valence-electron chi connectivity index (χ0n) is 22.3. The molecular weight excluding hydrogens is 532 g/mol. The molecule has 0 aliphatic heterocycles. The largest absolute Gasteiger partial charge is 0.497 e. The van der Waals surface area contributed by atoms with E-state index < -0.39 is 0 Å². The van der Waals surface area contributed by atoms with E-state index in [1.165, 1.54) is 0 Å². The Morgan fingerprint density at radius 3 is 2.32 bits per heavy atom. The van der Waals surface area contributed by atoms with Gasteiger partial charge in [0, 0.05) is 27.5 Å². The Kier molecular flexibility index (Phi) is 7.15. The van der Waals surface area contributed by atoms with Crippen LogP contribution in [0.5, 0.6) is 5.75 Å². The Bertz CT molecular complexity index is 1940. The highest BCUT2D eigenvalue weighted by Gasteiger charge is 2.15. The van der Waals surface area contributed by atoms with E-state index in [2.05, 4.69) is 5.32 Å². The molecule has 6 rings (SSSR count). The first kappa shape index (κ1) is 26.2. The first-order chi connectivity index (χ1) is 20.0. The van der Waals surface area contributed by atoms with Gasteiger partial charge in [0.1, 0.15) is 5.75 Å². The van der Waals surface area contributed by atoms with Crippen LogP contribution in [0.25, 0.3) is 27.8 Å². The highest BCUT2D eigenvalue weighted by molar-refractivity contribution is 6.31. The molecule has 202 valence electrons. The minimum absolute atomic E-state index is 0.214. The third kappa shape index (κ3) is 5.13. The standard InChI is InChI=1S/C34H27ClN4O2/c1-41-27-11-8-10-24(21-27)33(40)37-30-14-5-3-12-28(30)23-17-19-26(20-18-23)39-32-16-7-6-15-31(32)38(34(39)36)22-25-9-2-4-13-29(25)35/h2-21,36H,22H2,1H3,(H,37,40). The molecule has 0 atom stereocenters. The van der Waals surface area contributed by atoms with E-state index >= 15 is 0 Å². The lowest BCUT2D eigenvalue weighted by Gasteiger charge is -2.13. The fraction of sp³-hybridized carbons (Fsp3) is 0.0588. The number of carbonyl (C=O) groups excluding carboxylic acids is 1. The van der Waals surface area contributed by atoms with Crippen molar-refractivity contribution in [2.24, 2.45) is 0 Å². The van der Waals surface area contributed by atoms with Gasteiger partial charge in [-0.15, -0.1) is 0 Å². The van der Waals surface area contributed by atoms with Crippen molar-refractivity contribution in [1.29, 1.82) is 5.41 Å². The van der Waals surface area contributed by atoms with Crippen LogP contribution in [0, 0.1) is 5.41 Å². The summed E-state index contributed by atoms with van der Waals surface area (Å²) in [5, 5.41) is 12.8. The lowest BCUT2D eigenvalue weighted by Crippen LogP contribution is -2.24. The van der Waals surface area contributed by atoms with Crippen LogP contribution in [-0.4, -0.2) is 22.2 Å². The summed E-state index contributed by atoms with van der Waals surface area (Å²) in [6.45, 7) is 0.491. The van der Waals surface area contributed by atoms with Gasteiger partial charge in [-0.3, -0.25) is 14.8 Å². The number of carbonyl (C=O) groups is 1. The van der Waals surface area contributed by atoms with E-state index in [1.54, 1.807) is 31.4 Å². The SMILES string of the molecule is COc1cccc(C(=O)Nc2ccccc2-c2ccc(-n3c(=N)n(Cc4ccccc4Cl)c4ccccc43)cc2)c1. The molecule has 6 nitrogen and oxygen atoms in total. The van der Waals surface area contributed by atoms with Gasteiger partial charge in [-0.25, -0.2) is 0 Å². The monoisotopic (exact) mass is 558 g/mol. The lowest BCUT2D eigenvalue weighted by molar-refractivity contribution is 0.102. The number of amides is 1. The Morgan fingerprint density at radius 1 is 0.829 bits per heavy atom. The summed E-state index contributed by atoms with van der Waals surface area (Å²) in [6.07, 6.45) is 0. The molecular formula is C34H27ClN4O2. The molecule has 1 heterocycles. The molecule has 7 heteroatoms. The Morgan fingerprint density at radius 2 is 1.54 bits per heavy atom. The smallest absolute Gasteiger partial charge is 0.255 e. The van der Waals surface area contributed by atoms with Crippen molar-refractivity contribution in [3.05, 3.63) is 143 Å². The molecule has 0 aliphatic carbocycles. The molecule has 0 spiro atoms. The summed E-state index contributed by atoms with van der Waals surface area (Å²) in [6, 6.07) is 38.5. The second-order valence-corrected chi connectivity index (χ2v) is 10.0. The van der Waals surface area contributed by atoms with Gasteiger partial charge in [-0.05, 0) is 65.7 Å². The molecule has 0 saturated heterocycles. The van der Waals surface area contributed by atoms with Crippen LogP contribution in [-0.2, 0) is 6.54 Å². The minimum Gasteiger partial charge on any atom is -0.497 e. The van der Waals surface area contributed by atoms with Crippen LogP contribution < -0.4 is 15.7 Å². The third-order valence-electron chi connectivity index (χ3n) is 7.11. The minimum atomic E-state index is -0.214. The van der Waals surface area contributed by atoms with Gasteiger partial charge >= 0.3 is 0 Å². The second kappa shape index (κ2) is 11.2. The van der Waals surface area contributed by atoms with E-state index in [1.807, 2.05) is 106 Å². The van der Waals surface area contributed by atoms with Crippen molar-refractivity contribution >= 4 is 34.2 Å². The fourth-order valence-corrected chi connectivity index (χ4v) is 5.24. The quantitative estimate of drug-likeness (QED) is 0.212. The van der Waals surface area contributed by atoms with Crippen LogP contribution in [0.15, 0.2) is 121 Å². The van der Waals surface area contributed by atoms with Crippen molar-refractivity contribution in [3.8, 4) is 22.6 Å². The van der Waals surface area contributed by atoms with Crippen LogP contribution in [0.4, 0.5) is 5.69 Å². The number of methoxy groups -OCH3 is 1. The number of fused-ring (bicyclic) bond motifs is 1. The van der Waals surface area contributed by atoms with Crippen molar-refractivity contribution in [3.63, 3.8) is 0 Å². The number of hydrogen-bond acceptors (Lipinski definition) is 3. The molecule has 0 bridgehead atoms. The number of para-hydroxylation sites is 3. The van der Waals surface area contributed by atoms with E-state index in [0.717, 1.165) is 33.4 Å². The molecule has 0 unspecified atom stereocenters. The number of ether oxygens (including phenoxy) is 1. The number of nitrogens with zero attached hydrogens (tertiary/aromatic N) is 2. The summed E-state index contributed by atoms with van der Waals surface area (Å²) in [4.78, 5) is 13.0. The molecule has 1 amide bonds. The number of nitrogens with one attached hydrogen (secondary N) is 2. The Labute approximate surface area is 242 Å². The topological polar surface area (TPSA) is 72.0 Å². The first-order valence-electron chi connectivity index (χ1n) is 13.2. The third-order valence-corrected chi connectivity index (χ3v) is 7.48. The highest BCUT2D eigenvalue weighted by atomic mass is 35.5. The number of rotatable bonds is 7. The second-order valence-electron chi connectivity index (χ2n) is 9.60. The molecule has 5 aromatic carbocycles. The lowest BCUT2D eigenvalue weighted by atomic mass is 10.0. The number of hydrogen-bond donors (Lipinski definition) is 2. The highest BCUT2D eigenvalue weighted by Crippen LogP contribution is 2.30. The molecule has 0 saturated carbocycles. The molecule has 0 fully saturated rings. The maximum Gasteiger partial charge on any atom is 0.255 e. The predicted octanol–water partition coefficient (Wildman–Crippen LogP) is 7.54. The Hall–Kier alpha value is -5.07. The molecule has 2 N–H and O–H groups in total. The number of imidazole rings is 1. The van der Waals surface area contributed by atoms with Gasteiger partial charge in [-0.2, -0.15) is 0 Å². The van der Waals surface area contributed by atoms with Gasteiger partial charge < -0.3 is 14.6 Å². The van der Waals surface area contributed by atoms with Gasteiger partial charge in [0.25, 0.3) is 5.91 Å². The number of anilines is 1. The van der Waals surface area contributed by atoms with Crippen molar-refractivity contribution in [2.75, 3.05) is 12.4 Å². The zero-order valence-corrected chi connectivity index (χ0v) is 23.1. The van der Waals surface area contributed by atoms with Crippen molar-refractivity contribution < 1.29 is 9.53 Å². The van der Waals surface area contributed by atoms with Gasteiger partial charge in [0.05, 0.1) is 24.7 Å². The maximum absolute atomic E-state index is 13.0. The fourth-order valence-electron chi connectivity index (χ4n) is 5.04. The molecule has 0 aliphatic rings. The summed E-state index contributed by atoms with van der Waals surface area (Å²) in [7, 11) is 1.58. The average molecular weight is 559 g/mol. The normalized spacial score (nSPS) is 11.0. The van der Waals surface area contributed by atoms with Crippen LogP contribution in [0.2, 0.25) is 5.02 Å². The van der Waals surface area contributed by atoms with E-state index in [9.17, 15) is 4.79 Å². The summed E-state index contributed by atoms with van der Waals surface area (Å²) in [5.74, 6) is 0.412. The maximum atomic E-state index is 13.0. The zero-order chi connectivity index (χ0) is 28.3. The van der Waals surface area contributed by atoms with Crippen LogP contribution in [0.3, 0.4) is 0 Å². The predicted molar refractivity (Wildman–Crippen MR) is 164 cm³/mol. The number of halogens is 1. The van der Waals surface area contributed by atoms with Crippen LogP contribution in [0.1, 0.15) is 15.9 Å². The van der Waals surface area contributed by atoms with Gasteiger partial charge in [0.15, 0.2) is 0 Å². The average Bonchev–Trinajstić information content (AvgIpc) is 3.29. The molecule has 6 aromatic rings. The van der Waals surface area contributed by atoms with Crippen molar-refractivity contribution in [2.45, 2.75) is 6.54 Å². The number of aromatic nitrogens is 2. The Balaban J connectivity index is 1.34. The van der Waals surface area contributed by atoms with Crippen LogP contribution >= 0.6 is 11.6 Å². The van der Waals surface area contributed by atoms with E-state index in [4.69, 9.17) is 21.7 Å².